The summed E-state index contributed by atoms with van der Waals surface area (Å²) in [7, 11) is 1.96. The second-order valence-electron chi connectivity index (χ2n) is 2.49. The molecule has 0 bridgehead atoms. The molecule has 0 amide bonds. The van der Waals surface area contributed by atoms with E-state index in [1.165, 1.54) is 0 Å². The first-order chi connectivity index (χ1) is 5.81. The largest absolute Gasteiger partial charge is 0.395 e. The lowest BCUT2D eigenvalue weighted by Crippen LogP contribution is -2.26. The Morgan fingerprint density at radius 2 is 2.33 bits per heavy atom. The Bertz CT molecular complexity index is 134. The van der Waals surface area contributed by atoms with Crippen LogP contribution in [0.3, 0.4) is 0 Å². The molecule has 0 atom stereocenters. The number of nitrogens with one attached hydrogen (secondary N) is 1. The summed E-state index contributed by atoms with van der Waals surface area (Å²) in [6, 6.07) is 0. The van der Waals surface area contributed by atoms with Crippen LogP contribution in [0, 0.1) is 12.5 Å². The molecule has 0 aliphatic heterocycles. The van der Waals surface area contributed by atoms with Crippen molar-refractivity contribution in [1.82, 2.24) is 10.4 Å². The van der Waals surface area contributed by atoms with E-state index in [0.29, 0.717) is 6.54 Å². The van der Waals surface area contributed by atoms with Crippen molar-refractivity contribution in [3.63, 3.8) is 0 Å². The molecule has 70 valence electrons. The molecule has 0 fully saturated rings. The van der Waals surface area contributed by atoms with Gasteiger partial charge in [-0.15, -0.1) is 5.48 Å². The summed E-state index contributed by atoms with van der Waals surface area (Å²) in [4.78, 5) is 6.52. The number of aliphatic hydroxyl groups is 1. The van der Waals surface area contributed by atoms with Crippen LogP contribution in [0.25, 0.3) is 0 Å². The monoisotopic (exact) mass is 172 g/mol. The number of terminal acetylenes is 1. The number of hydroxylamine groups is 1. The second kappa shape index (κ2) is 8.34. The van der Waals surface area contributed by atoms with Gasteiger partial charge in [0.2, 0.25) is 0 Å². The first kappa shape index (κ1) is 11.2. The number of aliphatic hydroxyl groups excluding tert-OH is 1. The molecule has 0 unspecified atom stereocenters. The third kappa shape index (κ3) is 7.35. The lowest BCUT2D eigenvalue weighted by molar-refractivity contribution is 0.150. The van der Waals surface area contributed by atoms with Gasteiger partial charge in [-0.05, 0) is 20.0 Å². The van der Waals surface area contributed by atoms with Gasteiger partial charge in [-0.25, -0.2) is 0 Å². The fourth-order valence-corrected chi connectivity index (χ4v) is 0.796. The molecule has 0 spiro atoms. The van der Waals surface area contributed by atoms with Crippen LogP contribution >= 0.6 is 0 Å². The van der Waals surface area contributed by atoms with E-state index in [4.69, 9.17) is 11.5 Å². The molecule has 0 aliphatic carbocycles. The van der Waals surface area contributed by atoms with E-state index in [1.807, 2.05) is 18.1 Å². The highest BCUT2D eigenvalue weighted by atomic mass is 16.6. The number of likely N-dealkylation sites (N-methyl/N-ethyl adjacent to an activating group) is 1. The van der Waals surface area contributed by atoms with Gasteiger partial charge in [-0.1, -0.05) is 6.42 Å². The third-order valence-corrected chi connectivity index (χ3v) is 1.43. The Labute approximate surface area is 73.5 Å². The lowest BCUT2D eigenvalue weighted by Gasteiger charge is -2.13. The van der Waals surface area contributed by atoms with Gasteiger partial charge in [0.25, 0.3) is 0 Å². The van der Waals surface area contributed by atoms with Crippen molar-refractivity contribution in [2.75, 3.05) is 33.3 Å². The molecule has 4 heteroatoms. The summed E-state index contributed by atoms with van der Waals surface area (Å²) >= 11 is 0. The van der Waals surface area contributed by atoms with Crippen LogP contribution in [0.1, 0.15) is 6.42 Å². The number of rotatable bonds is 7. The van der Waals surface area contributed by atoms with Gasteiger partial charge >= 0.3 is 0 Å². The van der Waals surface area contributed by atoms with Crippen molar-refractivity contribution < 1.29 is 9.94 Å². The van der Waals surface area contributed by atoms with Gasteiger partial charge in [0.05, 0.1) is 6.61 Å². The van der Waals surface area contributed by atoms with Crippen molar-refractivity contribution in [2.45, 2.75) is 6.42 Å². The Balaban J connectivity index is 3.04. The molecular formula is C8H16N2O2. The van der Waals surface area contributed by atoms with Crippen molar-refractivity contribution in [3.05, 3.63) is 0 Å². The minimum Gasteiger partial charge on any atom is -0.395 e. The molecule has 0 aromatic carbocycles. The Hall–Kier alpha value is -0.760. The van der Waals surface area contributed by atoms with Gasteiger partial charge in [0.15, 0.2) is 0 Å². The zero-order valence-corrected chi connectivity index (χ0v) is 7.42. The van der Waals surface area contributed by atoms with Gasteiger partial charge in [0.1, 0.15) is 6.11 Å². The zero-order chi connectivity index (χ0) is 9.23. The number of hydrogen-bond donors (Lipinski definition) is 2. The minimum absolute atomic E-state index is 0.199. The number of hydrogen-bond acceptors (Lipinski definition) is 4. The van der Waals surface area contributed by atoms with Crippen molar-refractivity contribution in [1.29, 1.82) is 0 Å². The number of nitrogens with zero attached hydrogens (tertiary/aromatic N) is 1. The highest BCUT2D eigenvalue weighted by Crippen LogP contribution is 1.84. The fourth-order valence-electron chi connectivity index (χ4n) is 0.796. The summed E-state index contributed by atoms with van der Waals surface area (Å²) in [6.07, 6.45) is 7.80. The molecule has 0 saturated carbocycles. The highest BCUT2D eigenvalue weighted by Gasteiger charge is 1.95. The summed E-state index contributed by atoms with van der Waals surface area (Å²) < 4.78 is 0. The predicted octanol–water partition coefficient (Wildman–Crippen LogP) is -0.588. The molecule has 0 saturated heterocycles. The van der Waals surface area contributed by atoms with Crippen LogP contribution in [0.5, 0.6) is 0 Å². The SMILES string of the molecule is C#CONCCCN(C)CCO. The average Bonchev–Trinajstić information content (AvgIpc) is 2.05. The third-order valence-electron chi connectivity index (χ3n) is 1.43. The van der Waals surface area contributed by atoms with Crippen LogP contribution in [0.2, 0.25) is 0 Å². The molecule has 2 N–H and O–H groups in total. The molecule has 0 rings (SSSR count). The quantitative estimate of drug-likeness (QED) is 0.306. The Morgan fingerprint density at radius 1 is 1.58 bits per heavy atom. The zero-order valence-electron chi connectivity index (χ0n) is 7.42. The van der Waals surface area contributed by atoms with Crippen molar-refractivity contribution in [3.8, 4) is 12.5 Å². The van der Waals surface area contributed by atoms with Crippen molar-refractivity contribution in [2.24, 2.45) is 0 Å². The van der Waals surface area contributed by atoms with E-state index in [9.17, 15) is 0 Å². The standard InChI is InChI=1S/C8H16N2O2/c1-3-12-9-5-4-6-10(2)7-8-11/h1,9,11H,4-8H2,2H3. The average molecular weight is 172 g/mol. The molecule has 12 heavy (non-hydrogen) atoms. The van der Waals surface area contributed by atoms with Crippen molar-refractivity contribution >= 4 is 0 Å². The Morgan fingerprint density at radius 3 is 2.92 bits per heavy atom. The first-order valence-electron chi connectivity index (χ1n) is 3.95. The van der Waals surface area contributed by atoms with E-state index in [1.54, 1.807) is 0 Å². The summed E-state index contributed by atoms with van der Waals surface area (Å²) in [5, 5.41) is 8.57. The van der Waals surface area contributed by atoms with E-state index in [2.05, 4.69) is 10.3 Å². The van der Waals surface area contributed by atoms with E-state index >= 15 is 0 Å². The highest BCUT2D eigenvalue weighted by molar-refractivity contribution is 4.66. The predicted molar refractivity (Wildman–Crippen MR) is 47.1 cm³/mol. The maximum absolute atomic E-state index is 8.57. The Kier molecular flexibility index (Phi) is 7.81. The minimum atomic E-state index is 0.199. The van der Waals surface area contributed by atoms with Crippen LogP contribution in [0.15, 0.2) is 0 Å². The van der Waals surface area contributed by atoms with Gasteiger partial charge in [0, 0.05) is 13.1 Å². The van der Waals surface area contributed by atoms with Crippen LogP contribution in [-0.4, -0.2) is 43.3 Å². The van der Waals surface area contributed by atoms with Crippen LogP contribution in [0.4, 0.5) is 0 Å². The lowest BCUT2D eigenvalue weighted by atomic mass is 10.4. The maximum Gasteiger partial charge on any atom is 0.134 e. The van der Waals surface area contributed by atoms with Gasteiger partial charge in [-0.3, -0.25) is 0 Å². The summed E-state index contributed by atoms with van der Waals surface area (Å²) in [5.74, 6) is 0. The molecule has 0 radical (unpaired) electrons. The van der Waals surface area contributed by atoms with Crippen LogP contribution < -0.4 is 5.48 Å². The van der Waals surface area contributed by atoms with E-state index in [-0.39, 0.29) is 6.61 Å². The topological polar surface area (TPSA) is 44.7 Å². The first-order valence-corrected chi connectivity index (χ1v) is 3.95. The van der Waals surface area contributed by atoms with Gasteiger partial charge < -0.3 is 14.8 Å². The normalized spacial score (nSPS) is 9.83. The fraction of sp³-hybridized carbons (Fsp3) is 0.750. The van der Waals surface area contributed by atoms with E-state index < -0.39 is 0 Å². The maximum atomic E-state index is 8.57. The molecule has 4 nitrogen and oxygen atoms in total. The molecule has 0 heterocycles. The summed E-state index contributed by atoms with van der Waals surface area (Å²) in [6.45, 7) is 2.54. The second-order valence-corrected chi connectivity index (χ2v) is 2.49. The molecule has 0 aliphatic rings. The van der Waals surface area contributed by atoms with Gasteiger partial charge in [-0.2, -0.15) is 0 Å². The summed E-state index contributed by atoms with van der Waals surface area (Å²) in [5.41, 5.74) is 2.61. The smallest absolute Gasteiger partial charge is 0.134 e. The molecule has 0 aromatic rings. The molecule has 0 aromatic heterocycles. The van der Waals surface area contributed by atoms with E-state index in [0.717, 1.165) is 19.5 Å². The van der Waals surface area contributed by atoms with Crippen LogP contribution in [-0.2, 0) is 4.84 Å². The molecular weight excluding hydrogens is 156 g/mol.